The zero-order valence-electron chi connectivity index (χ0n) is 13.5. The zero-order valence-corrected chi connectivity index (χ0v) is 13.5. The van der Waals surface area contributed by atoms with Crippen LogP contribution in [0.1, 0.15) is 37.0 Å². The lowest BCUT2D eigenvalue weighted by atomic mass is 10.0. The quantitative estimate of drug-likeness (QED) is 0.814. The second kappa shape index (κ2) is 8.55. The van der Waals surface area contributed by atoms with Crippen LogP contribution < -0.4 is 5.32 Å². The fraction of sp³-hybridized carbons (Fsp3) is 0.316. The molecule has 2 aromatic rings. The first-order valence-corrected chi connectivity index (χ1v) is 7.91. The van der Waals surface area contributed by atoms with Crippen LogP contribution in [0.2, 0.25) is 0 Å². The van der Waals surface area contributed by atoms with E-state index >= 15 is 0 Å². The molecule has 0 aliphatic rings. The molecule has 2 unspecified atom stereocenters. The molecule has 0 saturated heterocycles. The van der Waals surface area contributed by atoms with Crippen LogP contribution in [0.15, 0.2) is 48.5 Å². The van der Waals surface area contributed by atoms with Crippen LogP contribution in [0.5, 0.6) is 0 Å². The monoisotopic (exact) mass is 333 g/mol. The molecule has 2 rings (SSSR count). The number of aliphatic hydroxyl groups excluding tert-OH is 1. The van der Waals surface area contributed by atoms with Crippen molar-refractivity contribution in [2.75, 3.05) is 0 Å². The molecule has 5 heteroatoms. The van der Waals surface area contributed by atoms with Gasteiger partial charge in [-0.15, -0.1) is 0 Å². The van der Waals surface area contributed by atoms with Gasteiger partial charge in [0.05, 0.1) is 6.10 Å². The number of carbonyl (C=O) groups excluding carboxylic acids is 1. The minimum Gasteiger partial charge on any atom is -0.388 e. The van der Waals surface area contributed by atoms with Gasteiger partial charge in [-0.1, -0.05) is 24.3 Å². The van der Waals surface area contributed by atoms with Gasteiger partial charge in [-0.3, -0.25) is 4.79 Å². The molecule has 0 bridgehead atoms. The van der Waals surface area contributed by atoms with E-state index < -0.39 is 6.10 Å². The summed E-state index contributed by atoms with van der Waals surface area (Å²) >= 11 is 0. The molecule has 0 spiro atoms. The Morgan fingerprint density at radius 3 is 2.17 bits per heavy atom. The van der Waals surface area contributed by atoms with Crippen molar-refractivity contribution >= 4 is 5.91 Å². The SMILES string of the molecule is CC(CC(O)c1ccc(F)cc1)NC(=O)CCc1ccc(F)cc1. The highest BCUT2D eigenvalue weighted by Gasteiger charge is 2.14. The lowest BCUT2D eigenvalue weighted by Gasteiger charge is -2.18. The van der Waals surface area contributed by atoms with Crippen LogP contribution in [0.25, 0.3) is 0 Å². The summed E-state index contributed by atoms with van der Waals surface area (Å²) in [5.41, 5.74) is 1.51. The molecule has 128 valence electrons. The van der Waals surface area contributed by atoms with Crippen LogP contribution in [0.3, 0.4) is 0 Å². The molecule has 24 heavy (non-hydrogen) atoms. The average molecular weight is 333 g/mol. The number of hydrogen-bond donors (Lipinski definition) is 2. The highest BCUT2D eigenvalue weighted by molar-refractivity contribution is 5.76. The first-order chi connectivity index (χ1) is 11.4. The van der Waals surface area contributed by atoms with Crippen molar-refractivity contribution in [1.82, 2.24) is 5.32 Å². The lowest BCUT2D eigenvalue weighted by molar-refractivity contribution is -0.121. The van der Waals surface area contributed by atoms with Crippen molar-refractivity contribution in [2.45, 2.75) is 38.3 Å². The van der Waals surface area contributed by atoms with Gasteiger partial charge in [-0.05, 0) is 55.2 Å². The van der Waals surface area contributed by atoms with Crippen molar-refractivity contribution < 1.29 is 18.7 Å². The third-order valence-electron chi connectivity index (χ3n) is 3.79. The molecule has 2 N–H and O–H groups in total. The van der Waals surface area contributed by atoms with Gasteiger partial charge in [0.25, 0.3) is 0 Å². The Morgan fingerprint density at radius 1 is 1.04 bits per heavy atom. The summed E-state index contributed by atoms with van der Waals surface area (Å²) in [6.07, 6.45) is 0.397. The summed E-state index contributed by atoms with van der Waals surface area (Å²) in [7, 11) is 0. The highest BCUT2D eigenvalue weighted by Crippen LogP contribution is 2.18. The Kier molecular flexibility index (Phi) is 6.44. The van der Waals surface area contributed by atoms with Crippen molar-refractivity contribution in [1.29, 1.82) is 0 Å². The van der Waals surface area contributed by atoms with Crippen molar-refractivity contribution in [3.05, 3.63) is 71.3 Å². The minimum absolute atomic E-state index is 0.127. The Bertz CT molecular complexity index is 656. The number of hydrogen-bond acceptors (Lipinski definition) is 2. The van der Waals surface area contributed by atoms with E-state index in [-0.39, 0.29) is 23.6 Å². The predicted molar refractivity (Wildman–Crippen MR) is 88.3 cm³/mol. The third kappa shape index (κ3) is 5.74. The zero-order chi connectivity index (χ0) is 17.5. The smallest absolute Gasteiger partial charge is 0.220 e. The first kappa shape index (κ1) is 18.1. The van der Waals surface area contributed by atoms with Gasteiger partial charge in [0.1, 0.15) is 11.6 Å². The molecule has 0 aliphatic carbocycles. The van der Waals surface area contributed by atoms with E-state index in [0.29, 0.717) is 24.8 Å². The molecule has 2 atom stereocenters. The lowest BCUT2D eigenvalue weighted by Crippen LogP contribution is -2.33. The van der Waals surface area contributed by atoms with Gasteiger partial charge in [0.15, 0.2) is 0 Å². The maximum atomic E-state index is 12.9. The van der Waals surface area contributed by atoms with Crippen LogP contribution in [0.4, 0.5) is 8.78 Å². The Labute approximate surface area is 140 Å². The summed E-state index contributed by atoms with van der Waals surface area (Å²) in [5.74, 6) is -0.780. The third-order valence-corrected chi connectivity index (χ3v) is 3.79. The van der Waals surface area contributed by atoms with Crippen LogP contribution >= 0.6 is 0 Å². The molecule has 2 aromatic carbocycles. The minimum atomic E-state index is -0.766. The van der Waals surface area contributed by atoms with Crippen LogP contribution in [-0.4, -0.2) is 17.1 Å². The molecule has 0 aliphatic heterocycles. The number of halogens is 2. The number of aliphatic hydroxyl groups is 1. The molecule has 0 saturated carbocycles. The van der Waals surface area contributed by atoms with Gasteiger partial charge < -0.3 is 10.4 Å². The fourth-order valence-electron chi connectivity index (χ4n) is 2.47. The number of carbonyl (C=O) groups is 1. The van der Waals surface area contributed by atoms with E-state index in [1.54, 1.807) is 12.1 Å². The standard InChI is InChI=1S/C19H21F2NO2/c1-13(12-18(23)15-5-9-17(21)10-6-15)22-19(24)11-4-14-2-7-16(20)8-3-14/h2-3,5-10,13,18,23H,4,11-12H2,1H3,(H,22,24). The fourth-order valence-corrected chi connectivity index (χ4v) is 2.47. The second-order valence-electron chi connectivity index (χ2n) is 5.90. The normalized spacial score (nSPS) is 13.3. The number of rotatable bonds is 7. The van der Waals surface area contributed by atoms with Crippen LogP contribution in [-0.2, 0) is 11.2 Å². The topological polar surface area (TPSA) is 49.3 Å². The molecule has 0 radical (unpaired) electrons. The summed E-state index contributed by atoms with van der Waals surface area (Å²) in [6, 6.07) is 11.5. The number of nitrogens with one attached hydrogen (secondary N) is 1. The van der Waals surface area contributed by atoms with Gasteiger partial charge in [0, 0.05) is 12.5 Å². The molecule has 0 aromatic heterocycles. The van der Waals surface area contributed by atoms with E-state index in [2.05, 4.69) is 5.32 Å². The molecular formula is C19H21F2NO2. The Morgan fingerprint density at radius 2 is 1.58 bits per heavy atom. The molecule has 0 fully saturated rings. The van der Waals surface area contributed by atoms with Crippen molar-refractivity contribution in [3.8, 4) is 0 Å². The van der Waals surface area contributed by atoms with Crippen molar-refractivity contribution in [2.24, 2.45) is 0 Å². The maximum Gasteiger partial charge on any atom is 0.220 e. The molecule has 1 amide bonds. The van der Waals surface area contributed by atoms with E-state index in [1.165, 1.54) is 36.4 Å². The van der Waals surface area contributed by atoms with Gasteiger partial charge in [0.2, 0.25) is 5.91 Å². The summed E-state index contributed by atoms with van der Waals surface area (Å²) < 4.78 is 25.7. The van der Waals surface area contributed by atoms with Gasteiger partial charge in [-0.2, -0.15) is 0 Å². The number of benzene rings is 2. The number of amides is 1. The number of aryl methyl sites for hydroxylation is 1. The Hall–Kier alpha value is -2.27. The van der Waals surface area contributed by atoms with E-state index in [1.807, 2.05) is 6.92 Å². The Balaban J connectivity index is 1.76. The highest BCUT2D eigenvalue weighted by atomic mass is 19.1. The summed E-state index contributed by atoms with van der Waals surface area (Å²) in [4.78, 5) is 11.9. The molecular weight excluding hydrogens is 312 g/mol. The largest absolute Gasteiger partial charge is 0.388 e. The van der Waals surface area contributed by atoms with Gasteiger partial charge in [-0.25, -0.2) is 8.78 Å². The van der Waals surface area contributed by atoms with E-state index in [4.69, 9.17) is 0 Å². The van der Waals surface area contributed by atoms with Gasteiger partial charge >= 0.3 is 0 Å². The molecule has 0 heterocycles. The maximum absolute atomic E-state index is 12.9. The van der Waals surface area contributed by atoms with Crippen LogP contribution in [0, 0.1) is 11.6 Å². The summed E-state index contributed by atoms with van der Waals surface area (Å²) in [5, 5.41) is 12.9. The second-order valence-corrected chi connectivity index (χ2v) is 5.90. The molecule has 3 nitrogen and oxygen atoms in total. The van der Waals surface area contributed by atoms with E-state index in [9.17, 15) is 18.7 Å². The first-order valence-electron chi connectivity index (χ1n) is 7.91. The summed E-state index contributed by atoms with van der Waals surface area (Å²) in [6.45, 7) is 1.81. The van der Waals surface area contributed by atoms with E-state index in [0.717, 1.165) is 5.56 Å². The predicted octanol–water partition coefficient (Wildman–Crippen LogP) is 3.53. The van der Waals surface area contributed by atoms with Crippen molar-refractivity contribution in [3.63, 3.8) is 0 Å². The average Bonchev–Trinajstić information content (AvgIpc) is 2.54.